The van der Waals surface area contributed by atoms with Gasteiger partial charge in [0.15, 0.2) is 0 Å². The zero-order valence-electron chi connectivity index (χ0n) is 9.99. The highest BCUT2D eigenvalue weighted by atomic mass is 127. The van der Waals surface area contributed by atoms with E-state index in [1.54, 1.807) is 7.05 Å². The van der Waals surface area contributed by atoms with Gasteiger partial charge in [0.25, 0.3) is 10.2 Å². The molecule has 0 aliphatic rings. The van der Waals surface area contributed by atoms with Crippen LogP contribution in [0.4, 0.5) is 0 Å². The Hall–Kier alpha value is 0.600. The third-order valence-electron chi connectivity index (χ3n) is 2.38. The molecule has 92 valence electrons. The maximum absolute atomic E-state index is 11.9. The van der Waals surface area contributed by atoms with Crippen LogP contribution in [0.5, 0.6) is 0 Å². The summed E-state index contributed by atoms with van der Waals surface area (Å²) in [6.07, 6.45) is 0. The summed E-state index contributed by atoms with van der Waals surface area (Å²) in [4.78, 5) is 0. The minimum atomic E-state index is -3.34. The first-order chi connectivity index (χ1) is 6.72. The molecule has 1 atom stereocenters. The van der Waals surface area contributed by atoms with E-state index in [9.17, 15) is 8.42 Å². The first kappa shape index (κ1) is 15.6. The van der Waals surface area contributed by atoms with Crippen molar-refractivity contribution in [2.75, 3.05) is 11.5 Å². The normalized spacial score (nSPS) is 15.3. The maximum Gasteiger partial charge on any atom is 0.279 e. The number of rotatable bonds is 6. The fourth-order valence-electron chi connectivity index (χ4n) is 0.898. The van der Waals surface area contributed by atoms with Crippen molar-refractivity contribution in [3.8, 4) is 0 Å². The van der Waals surface area contributed by atoms with Gasteiger partial charge in [-0.2, -0.15) is 17.4 Å². The summed E-state index contributed by atoms with van der Waals surface area (Å²) in [7, 11) is -1.74. The van der Waals surface area contributed by atoms with Crippen LogP contribution < -0.4 is 4.72 Å². The van der Waals surface area contributed by atoms with Crippen molar-refractivity contribution >= 4 is 32.8 Å². The molecule has 4 nitrogen and oxygen atoms in total. The van der Waals surface area contributed by atoms with Crippen LogP contribution in [0.25, 0.3) is 0 Å². The fourth-order valence-corrected chi connectivity index (χ4v) is 3.89. The molecule has 0 spiro atoms. The fraction of sp³-hybridized carbons (Fsp3) is 1.00. The first-order valence-corrected chi connectivity index (χ1v) is 8.00. The molecule has 0 aromatic rings. The van der Waals surface area contributed by atoms with E-state index in [1.807, 2.05) is 27.7 Å². The summed E-state index contributed by atoms with van der Waals surface area (Å²) < 4.78 is 28.6. The van der Waals surface area contributed by atoms with Crippen LogP contribution in [-0.2, 0) is 10.2 Å². The smallest absolute Gasteiger partial charge is 0.198 e. The predicted octanol–water partition coefficient (Wildman–Crippen LogP) is 1.62. The summed E-state index contributed by atoms with van der Waals surface area (Å²) in [5.74, 6) is 0.303. The highest BCUT2D eigenvalue weighted by Gasteiger charge is 2.25. The lowest BCUT2D eigenvalue weighted by Gasteiger charge is -2.26. The van der Waals surface area contributed by atoms with Gasteiger partial charge in [-0.15, -0.1) is 0 Å². The van der Waals surface area contributed by atoms with Gasteiger partial charge in [-0.25, -0.2) is 0 Å². The molecule has 0 amide bonds. The number of alkyl halides is 1. The van der Waals surface area contributed by atoms with E-state index in [2.05, 4.69) is 27.3 Å². The second kappa shape index (κ2) is 6.36. The largest absolute Gasteiger partial charge is 0.279 e. The van der Waals surface area contributed by atoms with Crippen molar-refractivity contribution in [3.63, 3.8) is 0 Å². The third-order valence-corrected chi connectivity index (χ3v) is 5.11. The van der Waals surface area contributed by atoms with Gasteiger partial charge in [0.05, 0.1) is 0 Å². The Labute approximate surface area is 107 Å². The van der Waals surface area contributed by atoms with Crippen molar-refractivity contribution in [2.24, 2.45) is 5.92 Å². The lowest BCUT2D eigenvalue weighted by atomic mass is 10.1. The topological polar surface area (TPSA) is 49.4 Å². The highest BCUT2D eigenvalue weighted by molar-refractivity contribution is 14.1. The van der Waals surface area contributed by atoms with Gasteiger partial charge < -0.3 is 0 Å². The highest BCUT2D eigenvalue weighted by Crippen LogP contribution is 2.09. The first-order valence-electron chi connectivity index (χ1n) is 5.03. The molecule has 15 heavy (non-hydrogen) atoms. The van der Waals surface area contributed by atoms with Gasteiger partial charge in [0.1, 0.15) is 0 Å². The summed E-state index contributed by atoms with van der Waals surface area (Å²) in [6, 6.07) is -0.0266. The Morgan fingerprint density at radius 3 is 2.00 bits per heavy atom. The van der Waals surface area contributed by atoms with Crippen molar-refractivity contribution in [2.45, 2.75) is 39.8 Å². The second-order valence-corrected chi connectivity index (χ2v) is 6.88. The van der Waals surface area contributed by atoms with Crippen LogP contribution >= 0.6 is 22.6 Å². The van der Waals surface area contributed by atoms with E-state index in [-0.39, 0.29) is 12.1 Å². The molecule has 0 aromatic heterocycles. The van der Waals surface area contributed by atoms with Crippen LogP contribution in [-0.4, -0.2) is 36.3 Å². The van der Waals surface area contributed by atoms with Gasteiger partial charge in [0.2, 0.25) is 0 Å². The molecule has 6 heteroatoms. The number of halogens is 1. The zero-order valence-corrected chi connectivity index (χ0v) is 13.0. The van der Waals surface area contributed by atoms with Gasteiger partial charge in [-0.3, -0.25) is 0 Å². The number of nitrogens with one attached hydrogen (secondary N) is 1. The molecule has 0 saturated heterocycles. The molecule has 1 N–H and O–H groups in total. The molecule has 0 radical (unpaired) electrons. The average molecular weight is 348 g/mol. The van der Waals surface area contributed by atoms with E-state index in [0.717, 1.165) is 4.43 Å². The van der Waals surface area contributed by atoms with Crippen LogP contribution in [0, 0.1) is 5.92 Å². The Balaban J connectivity index is 4.63. The van der Waals surface area contributed by atoms with Crippen molar-refractivity contribution in [3.05, 3.63) is 0 Å². The van der Waals surface area contributed by atoms with Gasteiger partial charge in [0, 0.05) is 23.6 Å². The van der Waals surface area contributed by atoms with Crippen molar-refractivity contribution in [1.29, 1.82) is 0 Å². The summed E-state index contributed by atoms with van der Waals surface area (Å²) in [5.41, 5.74) is 0. The monoisotopic (exact) mass is 348 g/mol. The molecule has 0 bridgehead atoms. The molecule has 0 saturated carbocycles. The second-order valence-electron chi connectivity index (χ2n) is 4.24. The molecular weight excluding hydrogens is 327 g/mol. The van der Waals surface area contributed by atoms with Crippen LogP contribution in [0.3, 0.4) is 0 Å². The van der Waals surface area contributed by atoms with Crippen molar-refractivity contribution in [1.82, 2.24) is 9.03 Å². The number of hydrogen-bond donors (Lipinski definition) is 1. The summed E-state index contributed by atoms with van der Waals surface area (Å²) in [5, 5.41) is 0. The molecule has 0 aromatic carbocycles. The molecule has 0 aliphatic carbocycles. The standard InChI is InChI=1S/C9H21IN2O2S/c1-7(2)9(6-10)11-15(13,14)12(5)8(3)4/h7-9,11H,6H2,1-5H3. The van der Waals surface area contributed by atoms with Crippen LogP contribution in [0.2, 0.25) is 0 Å². The summed E-state index contributed by atoms with van der Waals surface area (Å²) in [6.45, 7) is 7.74. The molecule has 0 fully saturated rings. The molecule has 0 rings (SSSR count). The lowest BCUT2D eigenvalue weighted by Crippen LogP contribution is -2.48. The molecule has 1 unspecified atom stereocenters. The van der Waals surface area contributed by atoms with E-state index in [1.165, 1.54) is 4.31 Å². The van der Waals surface area contributed by atoms with E-state index >= 15 is 0 Å². The van der Waals surface area contributed by atoms with Crippen molar-refractivity contribution < 1.29 is 8.42 Å². The van der Waals surface area contributed by atoms with Crippen LogP contribution in [0.15, 0.2) is 0 Å². The van der Waals surface area contributed by atoms with E-state index in [4.69, 9.17) is 0 Å². The van der Waals surface area contributed by atoms with Gasteiger partial charge >= 0.3 is 0 Å². The van der Waals surface area contributed by atoms with E-state index < -0.39 is 10.2 Å². The van der Waals surface area contributed by atoms with Gasteiger partial charge in [-0.1, -0.05) is 36.4 Å². The molecular formula is C9H21IN2O2S. The maximum atomic E-state index is 11.9. The lowest BCUT2D eigenvalue weighted by molar-refractivity contribution is 0.387. The molecule has 0 aliphatic heterocycles. The Kier molecular flexibility index (Phi) is 6.62. The quantitative estimate of drug-likeness (QED) is 0.586. The Bertz CT molecular complexity index is 278. The minimum Gasteiger partial charge on any atom is -0.198 e. The predicted molar refractivity (Wildman–Crippen MR) is 72.5 cm³/mol. The number of nitrogens with zero attached hydrogens (tertiary/aromatic N) is 1. The zero-order chi connectivity index (χ0) is 12.2. The Morgan fingerprint density at radius 1 is 1.27 bits per heavy atom. The minimum absolute atomic E-state index is 0.00296. The summed E-state index contributed by atoms with van der Waals surface area (Å²) >= 11 is 2.20. The average Bonchev–Trinajstić information content (AvgIpc) is 2.12. The van der Waals surface area contributed by atoms with E-state index in [0.29, 0.717) is 5.92 Å². The SMILES string of the molecule is CC(C)C(CI)NS(=O)(=O)N(C)C(C)C. The molecule has 0 heterocycles. The number of hydrogen-bond acceptors (Lipinski definition) is 2. The Morgan fingerprint density at radius 2 is 1.73 bits per heavy atom. The third kappa shape index (κ3) is 4.97. The van der Waals surface area contributed by atoms with Gasteiger partial charge in [-0.05, 0) is 19.8 Å². The van der Waals surface area contributed by atoms with Crippen LogP contribution in [0.1, 0.15) is 27.7 Å².